The maximum Gasteiger partial charge on any atom is 0.165 e. The molecule has 0 fully saturated rings. The largest absolute Gasteiger partial charge is 0.506 e. The Morgan fingerprint density at radius 2 is 1.39 bits per heavy atom. The molecule has 36 heavy (non-hydrogen) atoms. The number of nitriles is 1. The zero-order chi connectivity index (χ0) is 25.3. The van der Waals surface area contributed by atoms with E-state index >= 15 is 0 Å². The predicted octanol–water partition coefficient (Wildman–Crippen LogP) is 6.97. The molecule has 0 saturated heterocycles. The van der Waals surface area contributed by atoms with Crippen LogP contribution in [0.1, 0.15) is 50.7 Å². The molecule has 0 unspecified atom stereocenters. The van der Waals surface area contributed by atoms with E-state index in [0.717, 1.165) is 42.4 Å². The second kappa shape index (κ2) is 11.9. The second-order valence-electron chi connectivity index (χ2n) is 8.54. The molecule has 4 rings (SSSR count). The van der Waals surface area contributed by atoms with E-state index in [1.807, 2.05) is 67.6 Å². The number of benzene rings is 3. The smallest absolute Gasteiger partial charge is 0.165 e. The number of rotatable bonds is 10. The lowest BCUT2D eigenvalue weighted by Crippen LogP contribution is -2.06. The fourth-order valence-electron chi connectivity index (χ4n) is 4.16. The van der Waals surface area contributed by atoms with Crippen LogP contribution in [0.15, 0.2) is 66.7 Å². The first-order valence-electron chi connectivity index (χ1n) is 12.4. The molecule has 6 nitrogen and oxygen atoms in total. The van der Waals surface area contributed by atoms with Crippen molar-refractivity contribution in [2.75, 3.05) is 6.61 Å². The third-order valence-electron chi connectivity index (χ3n) is 6.02. The molecule has 0 aliphatic carbocycles. The SMILES string of the molecule is CCCCCCOc1cc(O)c(C#N)c(-c2nc(-c3ccccc3)nc(-c3ccccc3)n2)c1CC. The van der Waals surface area contributed by atoms with Gasteiger partial charge in [0.15, 0.2) is 17.5 Å². The molecule has 3 aromatic carbocycles. The van der Waals surface area contributed by atoms with Crippen molar-refractivity contribution in [3.63, 3.8) is 0 Å². The van der Waals surface area contributed by atoms with Crippen molar-refractivity contribution in [2.45, 2.75) is 46.0 Å². The van der Waals surface area contributed by atoms with Gasteiger partial charge in [0.1, 0.15) is 23.1 Å². The summed E-state index contributed by atoms with van der Waals surface area (Å²) in [6, 6.07) is 23.0. The summed E-state index contributed by atoms with van der Waals surface area (Å²) in [6.45, 7) is 4.71. The fraction of sp³-hybridized carbons (Fsp3) is 0.267. The minimum atomic E-state index is -0.142. The Morgan fingerprint density at radius 1 is 0.806 bits per heavy atom. The van der Waals surface area contributed by atoms with Gasteiger partial charge in [0.25, 0.3) is 0 Å². The van der Waals surface area contributed by atoms with Gasteiger partial charge in [-0.25, -0.2) is 15.0 Å². The van der Waals surface area contributed by atoms with Crippen molar-refractivity contribution in [3.8, 4) is 51.7 Å². The quantitative estimate of drug-likeness (QED) is 0.247. The van der Waals surface area contributed by atoms with Crippen LogP contribution >= 0.6 is 0 Å². The van der Waals surface area contributed by atoms with Crippen LogP contribution in [0.5, 0.6) is 11.5 Å². The topological polar surface area (TPSA) is 91.9 Å². The molecule has 0 saturated carbocycles. The minimum Gasteiger partial charge on any atom is -0.506 e. The van der Waals surface area contributed by atoms with E-state index in [0.29, 0.717) is 41.8 Å². The van der Waals surface area contributed by atoms with Crippen LogP contribution in [0.3, 0.4) is 0 Å². The number of phenolic OH excluding ortho intramolecular Hbond substituents is 1. The van der Waals surface area contributed by atoms with Crippen LogP contribution in [0.25, 0.3) is 34.2 Å². The maximum absolute atomic E-state index is 10.8. The average Bonchev–Trinajstić information content (AvgIpc) is 2.93. The summed E-state index contributed by atoms with van der Waals surface area (Å²) in [7, 11) is 0. The Labute approximate surface area is 212 Å². The summed E-state index contributed by atoms with van der Waals surface area (Å²) in [4.78, 5) is 14.3. The highest BCUT2D eigenvalue weighted by Crippen LogP contribution is 2.39. The molecule has 4 aromatic rings. The molecule has 0 atom stereocenters. The number of hydrogen-bond donors (Lipinski definition) is 1. The normalized spacial score (nSPS) is 10.7. The Hall–Kier alpha value is -4.24. The number of hydrogen-bond acceptors (Lipinski definition) is 6. The van der Waals surface area contributed by atoms with E-state index in [2.05, 4.69) is 13.0 Å². The summed E-state index contributed by atoms with van der Waals surface area (Å²) >= 11 is 0. The van der Waals surface area contributed by atoms with Gasteiger partial charge in [0.05, 0.1) is 6.61 Å². The highest BCUT2D eigenvalue weighted by Gasteiger charge is 2.23. The zero-order valence-electron chi connectivity index (χ0n) is 20.7. The molecule has 1 aromatic heterocycles. The Morgan fingerprint density at radius 3 is 1.92 bits per heavy atom. The highest BCUT2D eigenvalue weighted by atomic mass is 16.5. The van der Waals surface area contributed by atoms with Gasteiger partial charge >= 0.3 is 0 Å². The van der Waals surface area contributed by atoms with Crippen LogP contribution in [0.4, 0.5) is 0 Å². The maximum atomic E-state index is 10.8. The fourth-order valence-corrected chi connectivity index (χ4v) is 4.16. The molecule has 0 aliphatic rings. The Kier molecular flexibility index (Phi) is 8.25. The van der Waals surface area contributed by atoms with Gasteiger partial charge in [-0.1, -0.05) is 93.8 Å². The van der Waals surface area contributed by atoms with Crippen molar-refractivity contribution < 1.29 is 9.84 Å². The Balaban J connectivity index is 1.89. The van der Waals surface area contributed by atoms with Gasteiger partial charge in [0, 0.05) is 28.3 Å². The number of aromatic nitrogens is 3. The van der Waals surface area contributed by atoms with Crippen molar-refractivity contribution in [1.82, 2.24) is 15.0 Å². The molecule has 1 heterocycles. The van der Waals surface area contributed by atoms with Gasteiger partial charge in [-0.05, 0) is 12.8 Å². The lowest BCUT2D eigenvalue weighted by Gasteiger charge is -2.17. The molecule has 0 bridgehead atoms. The summed E-state index contributed by atoms with van der Waals surface area (Å²) in [6.07, 6.45) is 4.90. The number of phenols is 1. The first-order valence-corrected chi connectivity index (χ1v) is 12.4. The van der Waals surface area contributed by atoms with E-state index < -0.39 is 0 Å². The molecule has 0 radical (unpaired) electrons. The van der Waals surface area contributed by atoms with Crippen LogP contribution in [0, 0.1) is 11.3 Å². The highest BCUT2D eigenvalue weighted by molar-refractivity contribution is 5.77. The zero-order valence-corrected chi connectivity index (χ0v) is 20.7. The van der Waals surface area contributed by atoms with Crippen molar-refractivity contribution in [1.29, 1.82) is 5.26 Å². The number of ether oxygens (including phenoxy) is 1. The molecule has 0 aliphatic heterocycles. The van der Waals surface area contributed by atoms with Gasteiger partial charge in [-0.3, -0.25) is 0 Å². The van der Waals surface area contributed by atoms with Gasteiger partial charge < -0.3 is 9.84 Å². The number of aromatic hydroxyl groups is 1. The van der Waals surface area contributed by atoms with Crippen molar-refractivity contribution in [3.05, 3.63) is 77.9 Å². The predicted molar refractivity (Wildman–Crippen MR) is 142 cm³/mol. The average molecular weight is 479 g/mol. The third kappa shape index (κ3) is 5.52. The second-order valence-corrected chi connectivity index (χ2v) is 8.54. The van der Waals surface area contributed by atoms with Crippen molar-refractivity contribution in [2.24, 2.45) is 0 Å². The van der Waals surface area contributed by atoms with Gasteiger partial charge in [0.2, 0.25) is 0 Å². The molecular weight excluding hydrogens is 448 g/mol. The van der Waals surface area contributed by atoms with Gasteiger partial charge in [-0.15, -0.1) is 0 Å². The van der Waals surface area contributed by atoms with Crippen LogP contribution in [0.2, 0.25) is 0 Å². The van der Waals surface area contributed by atoms with E-state index in [9.17, 15) is 10.4 Å². The van der Waals surface area contributed by atoms with Crippen LogP contribution in [-0.4, -0.2) is 26.7 Å². The lowest BCUT2D eigenvalue weighted by molar-refractivity contribution is 0.300. The third-order valence-corrected chi connectivity index (χ3v) is 6.02. The molecule has 0 amide bonds. The first-order chi connectivity index (χ1) is 17.7. The van der Waals surface area contributed by atoms with Crippen molar-refractivity contribution >= 4 is 0 Å². The lowest BCUT2D eigenvalue weighted by atomic mass is 9.96. The van der Waals surface area contributed by atoms with Crippen LogP contribution in [-0.2, 0) is 6.42 Å². The summed E-state index contributed by atoms with van der Waals surface area (Å²) < 4.78 is 6.11. The first kappa shape index (κ1) is 24.9. The summed E-state index contributed by atoms with van der Waals surface area (Å²) in [5.74, 6) is 1.74. The van der Waals surface area contributed by atoms with E-state index in [1.54, 1.807) is 0 Å². The number of nitrogens with zero attached hydrogens (tertiary/aromatic N) is 4. The van der Waals surface area contributed by atoms with E-state index in [4.69, 9.17) is 19.7 Å². The van der Waals surface area contributed by atoms with E-state index in [1.165, 1.54) is 6.07 Å². The molecule has 182 valence electrons. The van der Waals surface area contributed by atoms with Crippen LogP contribution < -0.4 is 4.74 Å². The summed E-state index contributed by atoms with van der Waals surface area (Å²) in [5.41, 5.74) is 3.09. The molecule has 0 spiro atoms. The molecular formula is C30H30N4O2. The number of unbranched alkanes of at least 4 members (excludes halogenated alkanes) is 3. The monoisotopic (exact) mass is 478 g/mol. The minimum absolute atomic E-state index is 0.134. The standard InChI is InChI=1S/C30H30N4O2/c1-3-5-6-13-18-36-26-19-25(35)24(20-31)27(23(26)4-2)30-33-28(21-14-9-7-10-15-21)32-29(34-30)22-16-11-8-12-17-22/h7-12,14-17,19,35H,3-6,13,18H2,1-2H3. The summed E-state index contributed by atoms with van der Waals surface area (Å²) in [5, 5.41) is 20.8. The van der Waals surface area contributed by atoms with E-state index in [-0.39, 0.29) is 11.3 Å². The molecule has 1 N–H and O–H groups in total. The Bertz CT molecular complexity index is 1290. The molecule has 6 heteroatoms. The van der Waals surface area contributed by atoms with Gasteiger partial charge in [-0.2, -0.15) is 5.26 Å².